The highest BCUT2D eigenvalue weighted by molar-refractivity contribution is 7.09. The van der Waals surface area contributed by atoms with Gasteiger partial charge in [-0.3, -0.25) is 9.80 Å². The lowest BCUT2D eigenvalue weighted by Crippen LogP contribution is -2.44. The minimum absolute atomic E-state index is 0.127. The van der Waals surface area contributed by atoms with Crippen molar-refractivity contribution in [1.29, 1.82) is 0 Å². The maximum atomic E-state index is 10.6. The van der Waals surface area contributed by atoms with Crippen LogP contribution in [-0.2, 0) is 22.6 Å². The van der Waals surface area contributed by atoms with Crippen molar-refractivity contribution in [2.24, 2.45) is 0 Å². The van der Waals surface area contributed by atoms with E-state index >= 15 is 0 Å². The average molecular weight is 471 g/mol. The Morgan fingerprint density at radius 3 is 2.44 bits per heavy atom. The number of benzene rings is 1. The van der Waals surface area contributed by atoms with E-state index in [0.29, 0.717) is 6.04 Å². The molecule has 2 saturated heterocycles. The fraction of sp³-hybridized carbons (Fsp3) is 0.522. The minimum Gasteiger partial charge on any atom is -0.475 e. The molecule has 32 heavy (non-hydrogen) atoms. The zero-order chi connectivity index (χ0) is 23.2. The second-order valence-corrected chi connectivity index (χ2v) is 9.44. The summed E-state index contributed by atoms with van der Waals surface area (Å²) in [6.07, 6.45) is -1.55. The summed E-state index contributed by atoms with van der Waals surface area (Å²) < 4.78 is 38.1. The Morgan fingerprint density at radius 1 is 1.22 bits per heavy atom. The second-order valence-electron chi connectivity index (χ2n) is 8.41. The van der Waals surface area contributed by atoms with E-state index < -0.39 is 12.1 Å². The van der Waals surface area contributed by atoms with Crippen LogP contribution in [0.5, 0.6) is 0 Å². The van der Waals surface area contributed by atoms with Gasteiger partial charge in [-0.1, -0.05) is 36.4 Å². The van der Waals surface area contributed by atoms with E-state index in [1.807, 2.05) is 11.3 Å². The Hall–Kier alpha value is -1.94. The number of ether oxygens (including phenoxy) is 1. The molecule has 1 spiro atoms. The molecular formula is C23H29F3N2O3S. The number of rotatable bonds is 5. The largest absolute Gasteiger partial charge is 0.490 e. The Bertz CT molecular complexity index is 838. The van der Waals surface area contributed by atoms with Gasteiger partial charge in [0.2, 0.25) is 0 Å². The van der Waals surface area contributed by atoms with Gasteiger partial charge in [-0.15, -0.1) is 11.3 Å². The Kier molecular flexibility index (Phi) is 8.32. The lowest BCUT2D eigenvalue weighted by atomic mass is 9.87. The van der Waals surface area contributed by atoms with E-state index in [-0.39, 0.29) is 5.60 Å². The van der Waals surface area contributed by atoms with Gasteiger partial charge in [-0.05, 0) is 43.3 Å². The molecule has 9 heteroatoms. The summed E-state index contributed by atoms with van der Waals surface area (Å²) in [7, 11) is 2.24. The number of alkyl halides is 3. The molecule has 0 radical (unpaired) electrons. The summed E-state index contributed by atoms with van der Waals surface area (Å²) in [6.45, 7) is 5.31. The number of likely N-dealkylation sites (tertiary alicyclic amines) is 1. The number of likely N-dealkylation sites (N-methyl/N-ethyl adjacent to an activating group) is 1. The van der Waals surface area contributed by atoms with Gasteiger partial charge in [-0.25, -0.2) is 4.79 Å². The fourth-order valence-electron chi connectivity index (χ4n) is 4.19. The predicted molar refractivity (Wildman–Crippen MR) is 118 cm³/mol. The van der Waals surface area contributed by atoms with E-state index in [4.69, 9.17) is 14.6 Å². The zero-order valence-electron chi connectivity index (χ0n) is 18.1. The van der Waals surface area contributed by atoms with Crippen LogP contribution in [0.1, 0.15) is 29.7 Å². The number of aliphatic carboxylic acids is 1. The standard InChI is InChI=1S/C21H28N2OS.C2HF3O2/c1-22(15-18-6-3-2-4-7-18)19-14-21(24-17-19)9-11-23(12-10-21)16-20-8-5-13-25-20;3-2(4,5)1(6)7/h2-8,13,19H,9-12,14-17H2,1H3;(H,6,7). The molecule has 5 nitrogen and oxygen atoms in total. The number of halogens is 3. The van der Waals surface area contributed by atoms with Gasteiger partial charge in [0.25, 0.3) is 0 Å². The topological polar surface area (TPSA) is 53.0 Å². The quantitative estimate of drug-likeness (QED) is 0.690. The van der Waals surface area contributed by atoms with Crippen molar-refractivity contribution in [1.82, 2.24) is 9.80 Å². The van der Waals surface area contributed by atoms with Gasteiger partial charge in [0, 0.05) is 37.1 Å². The average Bonchev–Trinajstić information content (AvgIpc) is 3.41. The first-order valence-electron chi connectivity index (χ1n) is 10.6. The number of piperidine rings is 1. The van der Waals surface area contributed by atoms with Crippen LogP contribution < -0.4 is 0 Å². The maximum Gasteiger partial charge on any atom is 0.490 e. The molecule has 4 rings (SSSR count). The zero-order valence-corrected chi connectivity index (χ0v) is 18.9. The summed E-state index contributed by atoms with van der Waals surface area (Å²) in [5.41, 5.74) is 1.51. The number of nitrogens with zero attached hydrogens (tertiary/aromatic N) is 2. The van der Waals surface area contributed by atoms with Gasteiger partial charge < -0.3 is 9.84 Å². The van der Waals surface area contributed by atoms with Crippen molar-refractivity contribution < 1.29 is 27.8 Å². The number of carboxylic acids is 1. The first kappa shape index (κ1) is 24.7. The van der Waals surface area contributed by atoms with E-state index in [2.05, 4.69) is 64.7 Å². The Morgan fingerprint density at radius 2 is 1.88 bits per heavy atom. The molecule has 176 valence electrons. The van der Waals surface area contributed by atoms with Crippen LogP contribution in [0, 0.1) is 0 Å². The number of hydrogen-bond donors (Lipinski definition) is 1. The van der Waals surface area contributed by atoms with E-state index in [0.717, 1.165) is 32.8 Å². The highest BCUT2D eigenvalue weighted by Crippen LogP contribution is 2.38. The normalized spacial score (nSPS) is 20.8. The Balaban J connectivity index is 0.000000360. The number of thiophene rings is 1. The molecule has 0 amide bonds. The number of carboxylic acid groups (broad SMARTS) is 1. The molecule has 1 N–H and O–H groups in total. The van der Waals surface area contributed by atoms with Crippen molar-refractivity contribution >= 4 is 17.3 Å². The van der Waals surface area contributed by atoms with Gasteiger partial charge >= 0.3 is 12.1 Å². The van der Waals surface area contributed by atoms with E-state index in [1.165, 1.54) is 29.7 Å². The molecule has 3 heterocycles. The molecule has 0 bridgehead atoms. The van der Waals surface area contributed by atoms with E-state index in [1.54, 1.807) is 0 Å². The third-order valence-electron chi connectivity index (χ3n) is 6.06. The summed E-state index contributed by atoms with van der Waals surface area (Å²) in [6, 6.07) is 15.7. The van der Waals surface area contributed by atoms with E-state index in [9.17, 15) is 13.2 Å². The highest BCUT2D eigenvalue weighted by Gasteiger charge is 2.43. The molecule has 2 aliphatic rings. The van der Waals surface area contributed by atoms with Crippen molar-refractivity contribution in [2.75, 3.05) is 26.7 Å². The van der Waals surface area contributed by atoms with Crippen LogP contribution in [-0.4, -0.2) is 65.4 Å². The lowest BCUT2D eigenvalue weighted by molar-refractivity contribution is -0.192. The SMILES string of the molecule is CN(Cc1ccccc1)C1COC2(CCN(Cc3cccs3)CC2)C1.O=C(O)C(F)(F)F. The van der Waals surface area contributed by atoms with Crippen molar-refractivity contribution in [3.8, 4) is 0 Å². The molecular weight excluding hydrogens is 441 g/mol. The lowest BCUT2D eigenvalue weighted by Gasteiger charge is -2.38. The van der Waals surface area contributed by atoms with Gasteiger partial charge in [0.15, 0.2) is 0 Å². The molecule has 0 aliphatic carbocycles. The van der Waals surface area contributed by atoms with Crippen LogP contribution in [0.15, 0.2) is 47.8 Å². The van der Waals surface area contributed by atoms with Gasteiger partial charge in [-0.2, -0.15) is 13.2 Å². The van der Waals surface area contributed by atoms with Crippen molar-refractivity contribution in [3.05, 3.63) is 58.3 Å². The molecule has 1 unspecified atom stereocenters. The number of carbonyl (C=O) groups is 1. The molecule has 1 aromatic heterocycles. The summed E-state index contributed by atoms with van der Waals surface area (Å²) in [5, 5.41) is 9.30. The van der Waals surface area contributed by atoms with Crippen molar-refractivity contribution in [3.63, 3.8) is 0 Å². The summed E-state index contributed by atoms with van der Waals surface area (Å²) in [5.74, 6) is -2.76. The smallest absolute Gasteiger partial charge is 0.475 e. The van der Waals surface area contributed by atoms with Gasteiger partial charge in [0.05, 0.1) is 12.2 Å². The molecule has 0 saturated carbocycles. The maximum absolute atomic E-state index is 10.6. The molecule has 2 fully saturated rings. The predicted octanol–water partition coefficient (Wildman–Crippen LogP) is 4.64. The third kappa shape index (κ3) is 7.03. The Labute approximate surface area is 190 Å². The highest BCUT2D eigenvalue weighted by atomic mass is 32.1. The first-order chi connectivity index (χ1) is 15.2. The molecule has 1 aromatic carbocycles. The van der Waals surface area contributed by atoms with Crippen LogP contribution in [0.25, 0.3) is 0 Å². The van der Waals surface area contributed by atoms with Crippen molar-refractivity contribution in [2.45, 2.75) is 50.2 Å². The number of hydrogen-bond acceptors (Lipinski definition) is 5. The molecule has 2 aromatic rings. The van der Waals surface area contributed by atoms with Crippen LogP contribution >= 0.6 is 11.3 Å². The summed E-state index contributed by atoms with van der Waals surface area (Å²) >= 11 is 1.87. The van der Waals surface area contributed by atoms with Crippen LogP contribution in [0.3, 0.4) is 0 Å². The van der Waals surface area contributed by atoms with Crippen LogP contribution in [0.4, 0.5) is 13.2 Å². The van der Waals surface area contributed by atoms with Gasteiger partial charge in [0.1, 0.15) is 0 Å². The van der Waals surface area contributed by atoms with Crippen LogP contribution in [0.2, 0.25) is 0 Å². The fourth-order valence-corrected chi connectivity index (χ4v) is 4.94. The molecule has 2 aliphatic heterocycles. The monoisotopic (exact) mass is 470 g/mol. The minimum atomic E-state index is -5.08. The first-order valence-corrected chi connectivity index (χ1v) is 11.5. The molecule has 1 atom stereocenters. The third-order valence-corrected chi connectivity index (χ3v) is 6.92. The summed E-state index contributed by atoms with van der Waals surface area (Å²) in [4.78, 5) is 15.4. The second kappa shape index (κ2) is 10.8.